The molecule has 114 valence electrons. The molecule has 0 fully saturated rings. The van der Waals surface area contributed by atoms with E-state index in [1.54, 1.807) is 17.5 Å². The van der Waals surface area contributed by atoms with Crippen molar-refractivity contribution in [2.75, 3.05) is 5.32 Å². The molecule has 22 heavy (non-hydrogen) atoms. The van der Waals surface area contributed by atoms with Crippen molar-refractivity contribution in [3.63, 3.8) is 0 Å². The number of hydrogen-bond donors (Lipinski definition) is 1. The molecule has 0 aliphatic rings. The lowest BCUT2D eigenvalue weighted by Crippen LogP contribution is -1.98. The number of anilines is 1. The van der Waals surface area contributed by atoms with E-state index in [4.69, 9.17) is 16.0 Å². The summed E-state index contributed by atoms with van der Waals surface area (Å²) >= 11 is 7.26. The van der Waals surface area contributed by atoms with Gasteiger partial charge >= 0.3 is 6.43 Å². The molecule has 5 nitrogen and oxygen atoms in total. The maximum absolute atomic E-state index is 12.4. The van der Waals surface area contributed by atoms with Crippen molar-refractivity contribution in [2.45, 2.75) is 13.0 Å². The van der Waals surface area contributed by atoms with Crippen LogP contribution in [-0.4, -0.2) is 15.2 Å². The number of nitrogens with zero attached hydrogens (tertiary/aromatic N) is 3. The molecular weight excluding hydrogens is 334 g/mol. The number of rotatable bonds is 5. The topological polar surface area (TPSA) is 63.8 Å². The Bertz CT molecular complexity index is 777. The van der Waals surface area contributed by atoms with Gasteiger partial charge in [0.25, 0.3) is 11.8 Å². The molecule has 1 aromatic carbocycles. The molecule has 0 saturated heterocycles. The Morgan fingerprint density at radius 3 is 2.91 bits per heavy atom. The van der Waals surface area contributed by atoms with Crippen LogP contribution in [0.2, 0.25) is 5.02 Å². The molecule has 0 radical (unpaired) electrons. The molecule has 9 heteroatoms. The SMILES string of the molecule is FC(F)c1nnc(-c2csc(CNc3cccc(Cl)c3)n2)o1. The van der Waals surface area contributed by atoms with E-state index in [1.807, 2.05) is 12.1 Å². The first-order chi connectivity index (χ1) is 10.6. The number of aromatic nitrogens is 3. The Hall–Kier alpha value is -2.06. The predicted octanol–water partition coefficient (Wildman–Crippen LogP) is 4.40. The molecular formula is C13H9ClF2N4OS. The first-order valence-electron chi connectivity index (χ1n) is 6.17. The van der Waals surface area contributed by atoms with E-state index in [0.29, 0.717) is 17.3 Å². The molecule has 0 unspecified atom stereocenters. The van der Waals surface area contributed by atoms with Crippen molar-refractivity contribution in [1.29, 1.82) is 0 Å². The second kappa shape index (κ2) is 6.37. The summed E-state index contributed by atoms with van der Waals surface area (Å²) in [6.45, 7) is 0.473. The third kappa shape index (κ3) is 3.40. The van der Waals surface area contributed by atoms with Crippen LogP contribution >= 0.6 is 22.9 Å². The van der Waals surface area contributed by atoms with Gasteiger partial charge in [0, 0.05) is 16.1 Å². The van der Waals surface area contributed by atoms with E-state index in [-0.39, 0.29) is 5.89 Å². The standard InChI is InChI=1S/C13H9ClF2N4OS/c14-7-2-1-3-8(4-7)17-5-10-18-9(6-22-10)12-19-20-13(21-12)11(15)16/h1-4,6,11,17H,5H2. The average Bonchev–Trinajstić information content (AvgIpc) is 3.14. The van der Waals surface area contributed by atoms with Crippen molar-refractivity contribution >= 4 is 28.6 Å². The molecule has 0 atom stereocenters. The van der Waals surface area contributed by atoms with Crippen LogP contribution in [0, 0.1) is 0 Å². The lowest BCUT2D eigenvalue weighted by atomic mass is 10.3. The fourth-order valence-electron chi connectivity index (χ4n) is 1.69. The third-order valence-electron chi connectivity index (χ3n) is 2.67. The van der Waals surface area contributed by atoms with Gasteiger partial charge in [0.05, 0.1) is 6.54 Å². The number of nitrogens with one attached hydrogen (secondary N) is 1. The number of thiazole rings is 1. The highest BCUT2D eigenvalue weighted by molar-refractivity contribution is 7.09. The first kappa shape index (κ1) is 14.9. The summed E-state index contributed by atoms with van der Waals surface area (Å²) in [5.74, 6) is -0.720. The number of halogens is 3. The van der Waals surface area contributed by atoms with Crippen LogP contribution in [0.1, 0.15) is 17.3 Å². The molecule has 0 aliphatic carbocycles. The van der Waals surface area contributed by atoms with Crippen LogP contribution in [0.5, 0.6) is 0 Å². The van der Waals surface area contributed by atoms with Crippen LogP contribution in [0.3, 0.4) is 0 Å². The molecule has 1 N–H and O–H groups in total. The number of benzene rings is 1. The highest BCUT2D eigenvalue weighted by Crippen LogP contribution is 2.25. The van der Waals surface area contributed by atoms with E-state index in [9.17, 15) is 8.78 Å². The molecule has 0 bridgehead atoms. The third-order valence-corrected chi connectivity index (χ3v) is 3.75. The highest BCUT2D eigenvalue weighted by Gasteiger charge is 2.18. The smallest absolute Gasteiger partial charge is 0.314 e. The van der Waals surface area contributed by atoms with Gasteiger partial charge in [0.1, 0.15) is 10.7 Å². The fraction of sp³-hybridized carbons (Fsp3) is 0.154. The van der Waals surface area contributed by atoms with Crippen LogP contribution in [0.15, 0.2) is 34.1 Å². The maximum atomic E-state index is 12.4. The lowest BCUT2D eigenvalue weighted by Gasteiger charge is -2.03. The molecule has 3 aromatic rings. The summed E-state index contributed by atoms with van der Waals surface area (Å²) in [5, 5.41) is 13.1. The second-order valence-corrected chi connectivity index (χ2v) is 5.62. The normalized spacial score (nSPS) is 11.1. The Morgan fingerprint density at radius 2 is 2.18 bits per heavy atom. The minimum Gasteiger partial charge on any atom is -0.414 e. The molecule has 2 aromatic heterocycles. The maximum Gasteiger partial charge on any atom is 0.314 e. The number of hydrogen-bond acceptors (Lipinski definition) is 6. The molecule has 0 saturated carbocycles. The van der Waals surface area contributed by atoms with Gasteiger partial charge in [0.2, 0.25) is 0 Å². The van der Waals surface area contributed by atoms with E-state index >= 15 is 0 Å². The summed E-state index contributed by atoms with van der Waals surface area (Å²) in [4.78, 5) is 4.27. The van der Waals surface area contributed by atoms with Crippen LogP contribution in [0.25, 0.3) is 11.6 Å². The van der Waals surface area contributed by atoms with Crippen molar-refractivity contribution in [2.24, 2.45) is 0 Å². The molecule has 0 spiro atoms. The Kier molecular flexibility index (Phi) is 4.30. The van der Waals surface area contributed by atoms with Gasteiger partial charge in [-0.3, -0.25) is 0 Å². The zero-order chi connectivity index (χ0) is 15.5. The fourth-order valence-corrected chi connectivity index (χ4v) is 2.59. The Labute approximate surface area is 133 Å². The van der Waals surface area contributed by atoms with Crippen LogP contribution in [0.4, 0.5) is 14.5 Å². The van der Waals surface area contributed by atoms with Crippen LogP contribution in [-0.2, 0) is 6.54 Å². The Balaban J connectivity index is 1.68. The molecule has 0 amide bonds. The Morgan fingerprint density at radius 1 is 1.32 bits per heavy atom. The first-order valence-corrected chi connectivity index (χ1v) is 7.43. The van der Waals surface area contributed by atoms with E-state index in [2.05, 4.69) is 20.5 Å². The predicted molar refractivity (Wildman–Crippen MR) is 79.1 cm³/mol. The summed E-state index contributed by atoms with van der Waals surface area (Å²) in [6, 6.07) is 7.29. The zero-order valence-corrected chi connectivity index (χ0v) is 12.5. The van der Waals surface area contributed by atoms with Crippen LogP contribution < -0.4 is 5.32 Å². The van der Waals surface area contributed by atoms with E-state index in [1.165, 1.54) is 11.3 Å². The summed E-state index contributed by atoms with van der Waals surface area (Å²) in [5.41, 5.74) is 1.24. The molecule has 2 heterocycles. The average molecular weight is 343 g/mol. The summed E-state index contributed by atoms with van der Waals surface area (Å²) < 4.78 is 29.7. The van der Waals surface area contributed by atoms with Crippen molar-refractivity contribution in [3.05, 3.63) is 45.6 Å². The minimum absolute atomic E-state index is 0.0134. The summed E-state index contributed by atoms with van der Waals surface area (Å²) in [7, 11) is 0. The van der Waals surface area contributed by atoms with Gasteiger partial charge in [-0.25, -0.2) is 4.98 Å². The van der Waals surface area contributed by atoms with Gasteiger partial charge in [-0.15, -0.1) is 21.5 Å². The van der Waals surface area contributed by atoms with Crippen molar-refractivity contribution in [1.82, 2.24) is 15.2 Å². The van der Waals surface area contributed by atoms with Gasteiger partial charge in [0.15, 0.2) is 0 Å². The van der Waals surface area contributed by atoms with Crippen molar-refractivity contribution < 1.29 is 13.2 Å². The second-order valence-electron chi connectivity index (χ2n) is 4.24. The lowest BCUT2D eigenvalue weighted by molar-refractivity contribution is 0.116. The quantitative estimate of drug-likeness (QED) is 0.744. The van der Waals surface area contributed by atoms with Gasteiger partial charge in [-0.2, -0.15) is 8.78 Å². The van der Waals surface area contributed by atoms with Gasteiger partial charge in [-0.05, 0) is 18.2 Å². The zero-order valence-electron chi connectivity index (χ0n) is 11.0. The number of alkyl halides is 2. The molecule has 0 aliphatic heterocycles. The van der Waals surface area contributed by atoms with E-state index < -0.39 is 12.3 Å². The highest BCUT2D eigenvalue weighted by atomic mass is 35.5. The van der Waals surface area contributed by atoms with Gasteiger partial charge < -0.3 is 9.73 Å². The largest absolute Gasteiger partial charge is 0.414 e. The van der Waals surface area contributed by atoms with Crippen molar-refractivity contribution in [3.8, 4) is 11.6 Å². The van der Waals surface area contributed by atoms with Gasteiger partial charge in [-0.1, -0.05) is 17.7 Å². The van der Waals surface area contributed by atoms with E-state index in [0.717, 1.165) is 10.7 Å². The summed E-state index contributed by atoms with van der Waals surface area (Å²) in [6.07, 6.45) is -2.79. The molecule has 3 rings (SSSR count). The minimum atomic E-state index is -2.79. The monoisotopic (exact) mass is 342 g/mol.